The highest BCUT2D eigenvalue weighted by Gasteiger charge is 2.38. The molecule has 0 unspecified atom stereocenters. The van der Waals surface area contributed by atoms with Crippen LogP contribution in [0.5, 0.6) is 0 Å². The number of likely N-dealkylation sites (tertiary alicyclic amines) is 1. The summed E-state index contributed by atoms with van der Waals surface area (Å²) in [6.45, 7) is 3.21. The van der Waals surface area contributed by atoms with Gasteiger partial charge >= 0.3 is 5.97 Å². The molecular weight excluding hydrogens is 384 g/mol. The van der Waals surface area contributed by atoms with Crippen LogP contribution in [0.15, 0.2) is 54.6 Å². The van der Waals surface area contributed by atoms with Crippen molar-refractivity contribution in [3.63, 3.8) is 0 Å². The number of anilines is 1. The lowest BCUT2D eigenvalue weighted by atomic mass is 10.1. The molecule has 7 heteroatoms. The van der Waals surface area contributed by atoms with Gasteiger partial charge in [-0.25, -0.2) is 0 Å². The topological polar surface area (TPSA) is 92.8 Å². The molecule has 0 aliphatic carbocycles. The summed E-state index contributed by atoms with van der Waals surface area (Å²) in [6.07, 6.45) is 0.0735. The van der Waals surface area contributed by atoms with Crippen LogP contribution in [0.1, 0.15) is 42.2 Å². The molecule has 30 heavy (non-hydrogen) atoms. The van der Waals surface area contributed by atoms with Gasteiger partial charge in [-0.1, -0.05) is 30.3 Å². The zero-order valence-corrected chi connectivity index (χ0v) is 17.0. The largest absolute Gasteiger partial charge is 0.455 e. The van der Waals surface area contributed by atoms with Crippen molar-refractivity contribution in [3.05, 3.63) is 65.7 Å². The SMILES string of the molecule is CC(=O)c1ccc(NC(=O)COC(=O)[C@H]2CC(=O)N([C@@H](C)c3ccccc3)C2)cc1. The molecule has 1 fully saturated rings. The first-order chi connectivity index (χ1) is 14.3. The number of nitrogens with one attached hydrogen (secondary N) is 1. The lowest BCUT2D eigenvalue weighted by molar-refractivity contribution is -0.151. The zero-order chi connectivity index (χ0) is 21.7. The standard InChI is InChI=1S/C23H24N2O5/c1-15(17-6-4-3-5-7-17)25-13-19(12-22(25)28)23(29)30-14-21(27)24-20-10-8-18(9-11-20)16(2)26/h3-11,15,19H,12-14H2,1-2H3,(H,24,27)/t15-,19-/m0/s1. The second-order valence-electron chi connectivity index (χ2n) is 7.32. The summed E-state index contributed by atoms with van der Waals surface area (Å²) in [5.41, 5.74) is 2.04. The van der Waals surface area contributed by atoms with Gasteiger partial charge in [0.1, 0.15) is 0 Å². The van der Waals surface area contributed by atoms with Crippen LogP contribution in [0, 0.1) is 5.92 Å². The second kappa shape index (κ2) is 9.35. The van der Waals surface area contributed by atoms with E-state index in [1.807, 2.05) is 37.3 Å². The fourth-order valence-corrected chi connectivity index (χ4v) is 3.42. The van der Waals surface area contributed by atoms with Gasteiger partial charge in [-0.05, 0) is 43.7 Å². The van der Waals surface area contributed by atoms with Gasteiger partial charge in [0.15, 0.2) is 12.4 Å². The zero-order valence-electron chi connectivity index (χ0n) is 17.0. The summed E-state index contributed by atoms with van der Waals surface area (Å²) in [4.78, 5) is 49.7. The molecule has 7 nitrogen and oxygen atoms in total. The van der Waals surface area contributed by atoms with Crippen LogP contribution < -0.4 is 5.32 Å². The fraction of sp³-hybridized carbons (Fsp3) is 0.304. The van der Waals surface area contributed by atoms with Gasteiger partial charge in [0.2, 0.25) is 5.91 Å². The van der Waals surface area contributed by atoms with Gasteiger partial charge in [0.05, 0.1) is 12.0 Å². The quantitative estimate of drug-likeness (QED) is 0.562. The fourth-order valence-electron chi connectivity index (χ4n) is 3.42. The molecule has 2 aromatic rings. The van der Waals surface area contributed by atoms with E-state index in [-0.39, 0.29) is 30.7 Å². The van der Waals surface area contributed by atoms with E-state index in [1.165, 1.54) is 6.92 Å². The molecule has 1 aliphatic rings. The minimum Gasteiger partial charge on any atom is -0.455 e. The third-order valence-electron chi connectivity index (χ3n) is 5.16. The molecule has 2 amide bonds. The van der Waals surface area contributed by atoms with Gasteiger partial charge < -0.3 is 15.0 Å². The summed E-state index contributed by atoms with van der Waals surface area (Å²) in [6, 6.07) is 15.9. The van der Waals surface area contributed by atoms with E-state index >= 15 is 0 Å². The number of ether oxygens (including phenoxy) is 1. The Balaban J connectivity index is 1.49. The van der Waals surface area contributed by atoms with Crippen molar-refractivity contribution in [1.29, 1.82) is 0 Å². The minimum atomic E-state index is -0.591. The normalized spacial score (nSPS) is 16.8. The van der Waals surface area contributed by atoms with Crippen molar-refractivity contribution < 1.29 is 23.9 Å². The van der Waals surface area contributed by atoms with Crippen LogP contribution in [0.4, 0.5) is 5.69 Å². The molecule has 1 N–H and O–H groups in total. The smallest absolute Gasteiger partial charge is 0.311 e. The van der Waals surface area contributed by atoms with Crippen molar-refractivity contribution in [2.24, 2.45) is 5.92 Å². The van der Waals surface area contributed by atoms with E-state index in [2.05, 4.69) is 5.32 Å². The van der Waals surface area contributed by atoms with Gasteiger partial charge in [-0.3, -0.25) is 19.2 Å². The van der Waals surface area contributed by atoms with Crippen LogP contribution >= 0.6 is 0 Å². The van der Waals surface area contributed by atoms with Gasteiger partial charge in [0, 0.05) is 24.2 Å². The van der Waals surface area contributed by atoms with Crippen molar-refractivity contribution >= 4 is 29.3 Å². The van der Waals surface area contributed by atoms with Gasteiger partial charge in [-0.15, -0.1) is 0 Å². The Hall–Kier alpha value is -3.48. The van der Waals surface area contributed by atoms with Crippen LogP contribution in [0.25, 0.3) is 0 Å². The highest BCUT2D eigenvalue weighted by molar-refractivity contribution is 5.96. The maximum Gasteiger partial charge on any atom is 0.311 e. The number of rotatable bonds is 7. The molecule has 0 bridgehead atoms. The summed E-state index contributed by atoms with van der Waals surface area (Å²) < 4.78 is 5.12. The second-order valence-corrected chi connectivity index (χ2v) is 7.32. The maximum atomic E-state index is 12.4. The predicted molar refractivity (Wildman–Crippen MR) is 111 cm³/mol. The Labute approximate surface area is 175 Å². The van der Waals surface area contributed by atoms with E-state index in [1.54, 1.807) is 29.2 Å². The monoisotopic (exact) mass is 408 g/mol. The van der Waals surface area contributed by atoms with Crippen molar-refractivity contribution in [2.75, 3.05) is 18.5 Å². The van der Waals surface area contributed by atoms with E-state index in [9.17, 15) is 19.2 Å². The number of ketones is 1. The molecule has 0 saturated carbocycles. The number of nitrogens with zero attached hydrogens (tertiary/aromatic N) is 1. The Morgan fingerprint density at radius 2 is 1.77 bits per heavy atom. The van der Waals surface area contributed by atoms with Gasteiger partial charge in [-0.2, -0.15) is 0 Å². The number of carbonyl (C=O) groups excluding carboxylic acids is 4. The average Bonchev–Trinajstić information content (AvgIpc) is 3.14. The molecule has 1 aliphatic heterocycles. The summed E-state index contributed by atoms with van der Waals surface area (Å²) in [5.74, 6) is -1.82. The molecule has 2 aromatic carbocycles. The third kappa shape index (κ3) is 5.11. The molecule has 1 heterocycles. The molecule has 0 spiro atoms. The Kier molecular flexibility index (Phi) is 6.61. The molecule has 156 valence electrons. The summed E-state index contributed by atoms with van der Waals surface area (Å²) in [7, 11) is 0. The highest BCUT2D eigenvalue weighted by atomic mass is 16.5. The molecule has 1 saturated heterocycles. The number of esters is 1. The molecular formula is C23H24N2O5. The molecule has 0 aromatic heterocycles. The molecule has 2 atom stereocenters. The van der Waals surface area contributed by atoms with Crippen molar-refractivity contribution in [1.82, 2.24) is 4.90 Å². The Morgan fingerprint density at radius 3 is 2.40 bits per heavy atom. The number of carbonyl (C=O) groups is 4. The van der Waals surface area contributed by atoms with Gasteiger partial charge in [0.25, 0.3) is 5.91 Å². The van der Waals surface area contributed by atoms with Crippen molar-refractivity contribution in [3.8, 4) is 0 Å². The van der Waals surface area contributed by atoms with Crippen molar-refractivity contribution in [2.45, 2.75) is 26.3 Å². The first kappa shape index (κ1) is 21.2. The van der Waals surface area contributed by atoms with Crippen LogP contribution in [-0.4, -0.2) is 41.6 Å². The number of amides is 2. The Bertz CT molecular complexity index is 940. The lowest BCUT2D eigenvalue weighted by Crippen LogP contribution is -2.30. The maximum absolute atomic E-state index is 12.4. The number of benzene rings is 2. The third-order valence-corrected chi connectivity index (χ3v) is 5.16. The molecule has 3 rings (SSSR count). The first-order valence-corrected chi connectivity index (χ1v) is 9.77. The van der Waals surface area contributed by atoms with E-state index in [0.29, 0.717) is 11.3 Å². The number of hydrogen-bond donors (Lipinski definition) is 1. The molecule has 0 radical (unpaired) electrons. The Morgan fingerprint density at radius 1 is 1.10 bits per heavy atom. The first-order valence-electron chi connectivity index (χ1n) is 9.77. The number of hydrogen-bond acceptors (Lipinski definition) is 5. The van der Waals surface area contributed by atoms with E-state index in [4.69, 9.17) is 4.74 Å². The van der Waals surface area contributed by atoms with E-state index in [0.717, 1.165) is 5.56 Å². The van der Waals surface area contributed by atoms with Crippen LogP contribution in [0.3, 0.4) is 0 Å². The summed E-state index contributed by atoms with van der Waals surface area (Å²) in [5, 5.41) is 2.61. The van der Waals surface area contributed by atoms with Crippen LogP contribution in [-0.2, 0) is 19.1 Å². The minimum absolute atomic E-state index is 0.0662. The lowest BCUT2D eigenvalue weighted by Gasteiger charge is -2.25. The average molecular weight is 408 g/mol. The number of Topliss-reactive ketones (excluding diaryl/α,β-unsaturated/α-hetero) is 1. The highest BCUT2D eigenvalue weighted by Crippen LogP contribution is 2.29. The summed E-state index contributed by atoms with van der Waals surface area (Å²) >= 11 is 0. The predicted octanol–water partition coefficient (Wildman–Crippen LogP) is 2.98. The van der Waals surface area contributed by atoms with E-state index < -0.39 is 24.4 Å². The van der Waals surface area contributed by atoms with Crippen LogP contribution in [0.2, 0.25) is 0 Å².